The van der Waals surface area contributed by atoms with Crippen LogP contribution < -0.4 is 10.5 Å². The highest BCUT2D eigenvalue weighted by Gasteiger charge is 2.28. The summed E-state index contributed by atoms with van der Waals surface area (Å²) in [6.45, 7) is 5.19. The maximum absolute atomic E-state index is 5.85. The number of hydrogen-bond donors (Lipinski definition) is 1. The molecule has 0 aromatic heterocycles. The van der Waals surface area contributed by atoms with Gasteiger partial charge in [-0.2, -0.15) is 0 Å². The summed E-state index contributed by atoms with van der Waals surface area (Å²) in [5.74, 6) is 0.809. The van der Waals surface area contributed by atoms with Crippen LogP contribution in [0.1, 0.15) is 32.6 Å². The van der Waals surface area contributed by atoms with Crippen molar-refractivity contribution >= 4 is 5.69 Å². The van der Waals surface area contributed by atoms with Gasteiger partial charge in [0.15, 0.2) is 0 Å². The number of ether oxygens (including phenoxy) is 1. The second kappa shape index (κ2) is 6.64. The second-order valence-corrected chi connectivity index (χ2v) is 5.01. The zero-order chi connectivity index (χ0) is 12.8. The number of rotatable bonds is 8. The molecule has 0 amide bonds. The SMILES string of the molecule is CCCCN(CCOc1ccccc1N)C1CC1. The lowest BCUT2D eigenvalue weighted by molar-refractivity contribution is 0.200. The van der Waals surface area contributed by atoms with E-state index in [2.05, 4.69) is 11.8 Å². The van der Waals surface area contributed by atoms with E-state index < -0.39 is 0 Å². The summed E-state index contributed by atoms with van der Waals surface area (Å²) >= 11 is 0. The number of nitrogens with two attached hydrogens (primary N) is 1. The highest BCUT2D eigenvalue weighted by Crippen LogP contribution is 2.27. The van der Waals surface area contributed by atoms with Gasteiger partial charge in [-0.25, -0.2) is 0 Å². The third-order valence-corrected chi connectivity index (χ3v) is 3.42. The molecule has 0 unspecified atom stereocenters. The van der Waals surface area contributed by atoms with Gasteiger partial charge in [0.1, 0.15) is 12.4 Å². The Morgan fingerprint density at radius 2 is 2.06 bits per heavy atom. The molecule has 3 heteroatoms. The third-order valence-electron chi connectivity index (χ3n) is 3.42. The van der Waals surface area contributed by atoms with E-state index in [0.29, 0.717) is 0 Å². The predicted octanol–water partition coefficient (Wildman–Crippen LogP) is 2.91. The first-order chi connectivity index (χ1) is 8.81. The van der Waals surface area contributed by atoms with E-state index >= 15 is 0 Å². The molecule has 1 aliphatic carbocycles. The van der Waals surface area contributed by atoms with Crippen molar-refractivity contribution in [3.63, 3.8) is 0 Å². The molecular formula is C15H24N2O. The number of unbranched alkanes of at least 4 members (excludes halogenated alkanes) is 1. The van der Waals surface area contributed by atoms with E-state index in [-0.39, 0.29) is 0 Å². The minimum absolute atomic E-state index is 0.726. The zero-order valence-electron chi connectivity index (χ0n) is 11.3. The Kier molecular flexibility index (Phi) is 4.88. The molecule has 1 aromatic carbocycles. The Balaban J connectivity index is 1.74. The van der Waals surface area contributed by atoms with Gasteiger partial charge in [-0.15, -0.1) is 0 Å². The van der Waals surface area contributed by atoms with Crippen LogP contribution in [0.5, 0.6) is 5.75 Å². The topological polar surface area (TPSA) is 38.5 Å². The molecule has 0 radical (unpaired) electrons. The van der Waals surface area contributed by atoms with Crippen molar-refractivity contribution in [1.82, 2.24) is 4.90 Å². The van der Waals surface area contributed by atoms with E-state index in [1.54, 1.807) is 0 Å². The van der Waals surface area contributed by atoms with Crippen LogP contribution in [0, 0.1) is 0 Å². The largest absolute Gasteiger partial charge is 0.490 e. The van der Waals surface area contributed by atoms with Crippen LogP contribution in [0.3, 0.4) is 0 Å². The smallest absolute Gasteiger partial charge is 0.142 e. The minimum atomic E-state index is 0.726. The number of hydrogen-bond acceptors (Lipinski definition) is 3. The number of para-hydroxylation sites is 2. The summed E-state index contributed by atoms with van der Waals surface area (Å²) in [6, 6.07) is 8.52. The maximum atomic E-state index is 5.85. The third kappa shape index (κ3) is 3.91. The monoisotopic (exact) mass is 248 g/mol. The van der Waals surface area contributed by atoms with Gasteiger partial charge in [-0.3, -0.25) is 4.90 Å². The normalized spacial score (nSPS) is 15.0. The molecule has 0 heterocycles. The quantitative estimate of drug-likeness (QED) is 0.719. The van der Waals surface area contributed by atoms with E-state index in [4.69, 9.17) is 10.5 Å². The molecule has 1 saturated carbocycles. The number of nitrogens with zero attached hydrogens (tertiary/aromatic N) is 1. The lowest BCUT2D eigenvalue weighted by atomic mass is 10.3. The molecule has 2 rings (SSSR count). The second-order valence-electron chi connectivity index (χ2n) is 5.01. The molecule has 3 nitrogen and oxygen atoms in total. The van der Waals surface area contributed by atoms with Crippen molar-refractivity contribution in [2.24, 2.45) is 0 Å². The summed E-state index contributed by atoms with van der Waals surface area (Å²) in [7, 11) is 0. The van der Waals surface area contributed by atoms with E-state index in [0.717, 1.165) is 30.6 Å². The summed E-state index contributed by atoms with van der Waals surface area (Å²) in [5.41, 5.74) is 6.58. The fraction of sp³-hybridized carbons (Fsp3) is 0.600. The van der Waals surface area contributed by atoms with Crippen molar-refractivity contribution in [2.75, 3.05) is 25.4 Å². The fourth-order valence-corrected chi connectivity index (χ4v) is 2.16. The van der Waals surface area contributed by atoms with Crippen LogP contribution in [0.25, 0.3) is 0 Å². The van der Waals surface area contributed by atoms with Crippen molar-refractivity contribution in [3.05, 3.63) is 24.3 Å². The standard InChI is InChI=1S/C15H24N2O/c1-2-3-10-17(13-8-9-13)11-12-18-15-7-5-4-6-14(15)16/h4-7,13H,2-3,8-12,16H2,1H3. The molecule has 0 saturated heterocycles. The molecule has 18 heavy (non-hydrogen) atoms. The van der Waals surface area contributed by atoms with Gasteiger partial charge in [0, 0.05) is 12.6 Å². The summed E-state index contributed by atoms with van der Waals surface area (Å²) < 4.78 is 5.76. The molecule has 0 bridgehead atoms. The van der Waals surface area contributed by atoms with Gasteiger partial charge >= 0.3 is 0 Å². The zero-order valence-corrected chi connectivity index (χ0v) is 11.3. The van der Waals surface area contributed by atoms with E-state index in [9.17, 15) is 0 Å². The summed E-state index contributed by atoms with van der Waals surface area (Å²) in [5, 5.41) is 0. The first-order valence-corrected chi connectivity index (χ1v) is 7.02. The highest BCUT2D eigenvalue weighted by molar-refractivity contribution is 5.51. The van der Waals surface area contributed by atoms with Crippen molar-refractivity contribution in [3.8, 4) is 5.75 Å². The van der Waals surface area contributed by atoms with Crippen LogP contribution in [-0.4, -0.2) is 30.6 Å². The number of benzene rings is 1. The van der Waals surface area contributed by atoms with Gasteiger partial charge in [0.25, 0.3) is 0 Å². The van der Waals surface area contributed by atoms with Crippen LogP contribution in [-0.2, 0) is 0 Å². The molecule has 1 fully saturated rings. The Bertz CT molecular complexity index is 363. The van der Waals surface area contributed by atoms with E-state index in [1.807, 2.05) is 24.3 Å². The van der Waals surface area contributed by atoms with Gasteiger partial charge in [0.2, 0.25) is 0 Å². The van der Waals surface area contributed by atoms with E-state index in [1.165, 1.54) is 32.2 Å². The molecule has 0 spiro atoms. The first kappa shape index (κ1) is 13.2. The average molecular weight is 248 g/mol. The molecule has 1 aliphatic rings. The molecule has 2 N–H and O–H groups in total. The molecular weight excluding hydrogens is 224 g/mol. The summed E-state index contributed by atoms with van der Waals surface area (Å²) in [6.07, 6.45) is 5.26. The minimum Gasteiger partial charge on any atom is -0.490 e. The average Bonchev–Trinajstić information content (AvgIpc) is 3.20. The Morgan fingerprint density at radius 3 is 2.72 bits per heavy atom. The molecule has 1 aromatic rings. The molecule has 0 atom stereocenters. The Morgan fingerprint density at radius 1 is 1.28 bits per heavy atom. The summed E-state index contributed by atoms with van der Waals surface area (Å²) in [4.78, 5) is 2.56. The first-order valence-electron chi connectivity index (χ1n) is 7.02. The predicted molar refractivity (Wildman–Crippen MR) is 75.9 cm³/mol. The van der Waals surface area contributed by atoms with Crippen molar-refractivity contribution in [2.45, 2.75) is 38.6 Å². The van der Waals surface area contributed by atoms with Crippen LogP contribution in [0.15, 0.2) is 24.3 Å². The van der Waals surface area contributed by atoms with Gasteiger partial charge in [-0.05, 0) is 37.9 Å². The number of anilines is 1. The molecule has 100 valence electrons. The van der Waals surface area contributed by atoms with Crippen LogP contribution in [0.4, 0.5) is 5.69 Å². The van der Waals surface area contributed by atoms with Gasteiger partial charge in [0.05, 0.1) is 5.69 Å². The highest BCUT2D eigenvalue weighted by atomic mass is 16.5. The lowest BCUT2D eigenvalue weighted by Gasteiger charge is -2.21. The van der Waals surface area contributed by atoms with Gasteiger partial charge in [-0.1, -0.05) is 25.5 Å². The Labute approximate surface area is 110 Å². The Hall–Kier alpha value is -1.22. The van der Waals surface area contributed by atoms with Crippen LogP contribution >= 0.6 is 0 Å². The maximum Gasteiger partial charge on any atom is 0.142 e. The fourth-order valence-electron chi connectivity index (χ4n) is 2.16. The molecule has 0 aliphatic heterocycles. The van der Waals surface area contributed by atoms with Crippen LogP contribution in [0.2, 0.25) is 0 Å². The lowest BCUT2D eigenvalue weighted by Crippen LogP contribution is -2.31. The van der Waals surface area contributed by atoms with Crippen molar-refractivity contribution < 1.29 is 4.74 Å². The van der Waals surface area contributed by atoms with Crippen molar-refractivity contribution in [1.29, 1.82) is 0 Å². The van der Waals surface area contributed by atoms with Gasteiger partial charge < -0.3 is 10.5 Å². The number of nitrogen functional groups attached to an aromatic ring is 1.